The highest BCUT2D eigenvalue weighted by molar-refractivity contribution is 9.08. The number of hydrogen-bond acceptors (Lipinski definition) is 2. The van der Waals surface area contributed by atoms with Crippen LogP contribution in [0.15, 0.2) is 18.5 Å². The van der Waals surface area contributed by atoms with Gasteiger partial charge in [0.2, 0.25) is 0 Å². The average molecular weight is 274 g/mol. The molecule has 1 heterocycles. The fourth-order valence-electron chi connectivity index (χ4n) is 1.36. The number of imidazole rings is 1. The summed E-state index contributed by atoms with van der Waals surface area (Å²) >= 11 is 8.79. The molecule has 3 nitrogen and oxygen atoms in total. The summed E-state index contributed by atoms with van der Waals surface area (Å²) in [6.45, 7) is 0. The van der Waals surface area contributed by atoms with Crippen LogP contribution in [-0.2, 0) is 5.33 Å². The van der Waals surface area contributed by atoms with Crippen LogP contribution >= 0.6 is 27.5 Å². The van der Waals surface area contributed by atoms with Crippen LogP contribution < -0.4 is 0 Å². The number of aromatic amines is 1. The number of nitrogens with one attached hydrogen (secondary N) is 1. The number of hydrogen-bond donors (Lipinski definition) is 1. The second kappa shape index (κ2) is 3.71. The molecule has 1 aromatic carbocycles. The number of H-pyrrole nitrogens is 1. The first-order valence-corrected chi connectivity index (χ1v) is 5.44. The monoisotopic (exact) mass is 272 g/mol. The second-order valence-corrected chi connectivity index (χ2v) is 3.71. The summed E-state index contributed by atoms with van der Waals surface area (Å²) in [5.74, 6) is 0. The third-order valence-corrected chi connectivity index (χ3v) is 2.83. The molecule has 0 aliphatic heterocycles. The lowest BCUT2D eigenvalue weighted by Gasteiger charge is -2.00. The lowest BCUT2D eigenvalue weighted by Crippen LogP contribution is -1.92. The van der Waals surface area contributed by atoms with E-state index in [1.165, 1.54) is 0 Å². The maximum absolute atomic E-state index is 11.1. The number of fused-ring (bicyclic) bond motifs is 1. The van der Waals surface area contributed by atoms with Crippen molar-refractivity contribution in [3.8, 4) is 0 Å². The number of alkyl halides is 1. The van der Waals surface area contributed by atoms with E-state index in [-0.39, 0.29) is 0 Å². The molecule has 14 heavy (non-hydrogen) atoms. The fourth-order valence-corrected chi connectivity index (χ4v) is 1.97. The molecule has 0 aliphatic rings. The van der Waals surface area contributed by atoms with E-state index in [1.807, 2.05) is 6.07 Å². The van der Waals surface area contributed by atoms with Crippen LogP contribution in [0.3, 0.4) is 0 Å². The van der Waals surface area contributed by atoms with Crippen molar-refractivity contribution >= 4 is 43.8 Å². The van der Waals surface area contributed by atoms with Crippen molar-refractivity contribution in [2.75, 3.05) is 0 Å². The molecule has 0 saturated heterocycles. The van der Waals surface area contributed by atoms with Crippen molar-refractivity contribution in [2.45, 2.75) is 5.33 Å². The molecule has 0 aliphatic carbocycles. The molecule has 1 N–H and O–H groups in total. The molecule has 0 atom stereocenters. The number of nitrogens with zero attached hydrogens (tertiary/aromatic N) is 1. The van der Waals surface area contributed by atoms with E-state index < -0.39 is 5.24 Å². The van der Waals surface area contributed by atoms with E-state index in [1.54, 1.807) is 12.4 Å². The van der Waals surface area contributed by atoms with Gasteiger partial charge in [-0.05, 0) is 23.2 Å². The Morgan fingerprint density at radius 2 is 2.36 bits per heavy atom. The summed E-state index contributed by atoms with van der Waals surface area (Å²) < 4.78 is 0. The summed E-state index contributed by atoms with van der Waals surface area (Å²) in [6.07, 6.45) is 1.56. The zero-order valence-electron chi connectivity index (χ0n) is 7.05. The second-order valence-electron chi connectivity index (χ2n) is 2.81. The number of halogens is 2. The minimum Gasteiger partial charge on any atom is -0.344 e. The van der Waals surface area contributed by atoms with Crippen LogP contribution in [-0.4, -0.2) is 15.2 Å². The Kier molecular flexibility index (Phi) is 2.56. The Balaban J connectivity index is 2.78. The van der Waals surface area contributed by atoms with E-state index >= 15 is 0 Å². The topological polar surface area (TPSA) is 45.8 Å². The Morgan fingerprint density at radius 3 is 3.00 bits per heavy atom. The fraction of sp³-hybridized carbons (Fsp3) is 0.111. The molecule has 0 bridgehead atoms. The molecule has 2 rings (SSSR count). The summed E-state index contributed by atoms with van der Waals surface area (Å²) in [5, 5.41) is 0.228. The third kappa shape index (κ3) is 1.44. The van der Waals surface area contributed by atoms with Gasteiger partial charge in [0.25, 0.3) is 5.24 Å². The van der Waals surface area contributed by atoms with Crippen LogP contribution in [0.25, 0.3) is 11.0 Å². The SMILES string of the molecule is O=C(Cl)c1ccc(CBr)c2nc[nH]c12. The smallest absolute Gasteiger partial charge is 0.254 e. The molecular weight excluding hydrogens is 267 g/mol. The first kappa shape index (κ1) is 9.68. The van der Waals surface area contributed by atoms with Gasteiger partial charge in [-0.2, -0.15) is 0 Å². The van der Waals surface area contributed by atoms with E-state index in [4.69, 9.17) is 11.6 Å². The van der Waals surface area contributed by atoms with Crippen molar-refractivity contribution in [1.29, 1.82) is 0 Å². The van der Waals surface area contributed by atoms with Crippen molar-refractivity contribution in [3.63, 3.8) is 0 Å². The minimum atomic E-state index is -0.472. The van der Waals surface area contributed by atoms with Gasteiger partial charge in [0, 0.05) is 5.33 Å². The summed E-state index contributed by atoms with van der Waals surface area (Å²) in [4.78, 5) is 18.1. The first-order chi connectivity index (χ1) is 6.74. The van der Waals surface area contributed by atoms with Crippen molar-refractivity contribution in [3.05, 3.63) is 29.6 Å². The highest BCUT2D eigenvalue weighted by Gasteiger charge is 2.11. The molecule has 0 saturated carbocycles. The standard InChI is InChI=1S/C9H6BrClN2O/c10-3-5-1-2-6(9(11)14)8-7(5)12-4-13-8/h1-2,4H,3H2,(H,12,13). The van der Waals surface area contributed by atoms with Gasteiger partial charge in [0.1, 0.15) is 0 Å². The molecule has 0 radical (unpaired) electrons. The number of benzene rings is 1. The van der Waals surface area contributed by atoms with E-state index in [2.05, 4.69) is 25.9 Å². The highest BCUT2D eigenvalue weighted by Crippen LogP contribution is 2.22. The van der Waals surface area contributed by atoms with Gasteiger partial charge in [-0.1, -0.05) is 22.0 Å². The quantitative estimate of drug-likeness (QED) is 0.675. The van der Waals surface area contributed by atoms with Crippen molar-refractivity contribution in [1.82, 2.24) is 9.97 Å². The van der Waals surface area contributed by atoms with Crippen LogP contribution in [0, 0.1) is 0 Å². The van der Waals surface area contributed by atoms with Crippen LogP contribution in [0.2, 0.25) is 0 Å². The highest BCUT2D eigenvalue weighted by atomic mass is 79.9. The molecule has 0 spiro atoms. The first-order valence-electron chi connectivity index (χ1n) is 3.95. The molecular formula is C9H6BrClN2O. The van der Waals surface area contributed by atoms with E-state index in [0.717, 1.165) is 11.1 Å². The molecule has 0 unspecified atom stereocenters. The zero-order chi connectivity index (χ0) is 10.1. The molecule has 0 amide bonds. The Labute approximate surface area is 93.6 Å². The normalized spacial score (nSPS) is 10.7. The van der Waals surface area contributed by atoms with Crippen molar-refractivity contribution < 1.29 is 4.79 Å². The van der Waals surface area contributed by atoms with Crippen LogP contribution in [0.5, 0.6) is 0 Å². The van der Waals surface area contributed by atoms with Crippen LogP contribution in [0.1, 0.15) is 15.9 Å². The Hall–Kier alpha value is -0.870. The van der Waals surface area contributed by atoms with Crippen molar-refractivity contribution in [2.24, 2.45) is 0 Å². The van der Waals surface area contributed by atoms with Gasteiger partial charge < -0.3 is 4.98 Å². The Morgan fingerprint density at radius 1 is 1.57 bits per heavy atom. The maximum atomic E-state index is 11.1. The van der Waals surface area contributed by atoms with Gasteiger partial charge in [-0.15, -0.1) is 0 Å². The zero-order valence-corrected chi connectivity index (χ0v) is 9.39. The maximum Gasteiger partial charge on any atom is 0.254 e. The predicted molar refractivity (Wildman–Crippen MR) is 58.9 cm³/mol. The van der Waals surface area contributed by atoms with E-state index in [0.29, 0.717) is 16.4 Å². The minimum absolute atomic E-state index is 0.462. The summed E-state index contributed by atoms with van der Waals surface area (Å²) in [6, 6.07) is 3.54. The van der Waals surface area contributed by atoms with Gasteiger partial charge in [0.15, 0.2) is 0 Å². The Bertz CT molecular complexity index is 495. The number of aromatic nitrogens is 2. The van der Waals surface area contributed by atoms with Gasteiger partial charge in [-0.25, -0.2) is 4.98 Å². The number of carbonyl (C=O) groups is 1. The van der Waals surface area contributed by atoms with E-state index in [9.17, 15) is 4.79 Å². The molecule has 0 fully saturated rings. The van der Waals surface area contributed by atoms with Gasteiger partial charge in [0.05, 0.1) is 22.9 Å². The lowest BCUT2D eigenvalue weighted by atomic mass is 10.1. The van der Waals surface area contributed by atoms with Crippen LogP contribution in [0.4, 0.5) is 0 Å². The van der Waals surface area contributed by atoms with Gasteiger partial charge >= 0.3 is 0 Å². The van der Waals surface area contributed by atoms with Gasteiger partial charge in [-0.3, -0.25) is 4.79 Å². The molecule has 72 valence electrons. The summed E-state index contributed by atoms with van der Waals surface area (Å²) in [7, 11) is 0. The predicted octanol–water partition coefficient (Wildman–Crippen LogP) is 2.84. The number of carbonyl (C=O) groups excluding carboxylic acids is 1. The summed E-state index contributed by atoms with van der Waals surface area (Å²) in [5.41, 5.74) is 2.97. The lowest BCUT2D eigenvalue weighted by molar-refractivity contribution is 0.108. The molecule has 1 aromatic heterocycles. The largest absolute Gasteiger partial charge is 0.344 e. The third-order valence-electron chi connectivity index (χ3n) is 2.02. The molecule has 5 heteroatoms. The average Bonchev–Trinajstić information content (AvgIpc) is 2.64. The molecule has 2 aromatic rings. The number of rotatable bonds is 2.